The van der Waals surface area contributed by atoms with E-state index in [-0.39, 0.29) is 30.3 Å². The summed E-state index contributed by atoms with van der Waals surface area (Å²) in [5.74, 6) is 1.24. The second-order valence-electron chi connectivity index (χ2n) is 7.86. The van der Waals surface area contributed by atoms with E-state index in [9.17, 15) is 14.7 Å². The maximum absolute atomic E-state index is 12.7. The average Bonchev–Trinajstić information content (AvgIpc) is 2.78. The number of carbonyl (C=O) groups excluding carboxylic acids is 2. The van der Waals surface area contributed by atoms with Crippen LogP contribution in [0.1, 0.15) is 36.5 Å². The van der Waals surface area contributed by atoms with Gasteiger partial charge in [0.05, 0.1) is 13.2 Å². The van der Waals surface area contributed by atoms with Gasteiger partial charge in [-0.25, -0.2) is 0 Å². The molecule has 3 rings (SSSR count). The van der Waals surface area contributed by atoms with E-state index in [1.165, 1.54) is 6.92 Å². The van der Waals surface area contributed by atoms with Gasteiger partial charge in [-0.05, 0) is 62.6 Å². The monoisotopic (exact) mass is 411 g/mol. The number of aliphatic hydroxyl groups excluding tert-OH is 1. The van der Waals surface area contributed by atoms with Crippen molar-refractivity contribution in [1.29, 1.82) is 0 Å². The zero-order chi connectivity index (χ0) is 21.4. The molecular formula is C24H29NO5. The molecule has 0 unspecified atom stereocenters. The lowest BCUT2D eigenvalue weighted by molar-refractivity contribution is -0.138. The van der Waals surface area contributed by atoms with Crippen molar-refractivity contribution >= 4 is 11.7 Å². The number of ether oxygens (including phenoxy) is 2. The quantitative estimate of drug-likeness (QED) is 0.641. The number of amides is 1. The van der Waals surface area contributed by atoms with E-state index in [0.29, 0.717) is 37.4 Å². The van der Waals surface area contributed by atoms with Crippen molar-refractivity contribution in [1.82, 2.24) is 4.90 Å². The molecule has 0 radical (unpaired) electrons. The molecule has 1 fully saturated rings. The van der Waals surface area contributed by atoms with E-state index < -0.39 is 0 Å². The summed E-state index contributed by atoms with van der Waals surface area (Å²) in [6.45, 7) is 3.10. The fourth-order valence-electron chi connectivity index (χ4n) is 3.76. The van der Waals surface area contributed by atoms with Crippen LogP contribution in [0, 0.1) is 5.41 Å². The lowest BCUT2D eigenvalue weighted by atomic mass is 9.78. The molecule has 160 valence electrons. The highest BCUT2D eigenvalue weighted by atomic mass is 16.5. The van der Waals surface area contributed by atoms with Crippen LogP contribution in [0.4, 0.5) is 0 Å². The Labute approximate surface area is 177 Å². The fourth-order valence-corrected chi connectivity index (χ4v) is 3.76. The van der Waals surface area contributed by atoms with Crippen LogP contribution in [-0.2, 0) is 4.79 Å². The van der Waals surface area contributed by atoms with Crippen LogP contribution in [0.3, 0.4) is 0 Å². The summed E-state index contributed by atoms with van der Waals surface area (Å²) < 4.78 is 11.4. The Morgan fingerprint density at radius 2 is 1.73 bits per heavy atom. The van der Waals surface area contributed by atoms with Crippen molar-refractivity contribution < 1.29 is 24.2 Å². The number of ketones is 1. The van der Waals surface area contributed by atoms with Crippen LogP contribution in [0.15, 0.2) is 54.6 Å². The number of nitrogens with zero attached hydrogens (tertiary/aromatic N) is 1. The lowest BCUT2D eigenvalue weighted by Crippen LogP contribution is -2.49. The Bertz CT molecular complexity index is 836. The molecule has 1 aliphatic rings. The van der Waals surface area contributed by atoms with Gasteiger partial charge in [0.1, 0.15) is 11.5 Å². The van der Waals surface area contributed by atoms with E-state index in [1.54, 1.807) is 29.2 Å². The van der Waals surface area contributed by atoms with Gasteiger partial charge in [0.2, 0.25) is 0 Å². The van der Waals surface area contributed by atoms with Crippen LogP contribution >= 0.6 is 0 Å². The molecule has 0 saturated carbocycles. The van der Waals surface area contributed by atoms with E-state index >= 15 is 0 Å². The number of benzene rings is 2. The first-order chi connectivity index (χ1) is 14.5. The van der Waals surface area contributed by atoms with Gasteiger partial charge < -0.3 is 19.5 Å². The first-order valence-corrected chi connectivity index (χ1v) is 10.3. The summed E-state index contributed by atoms with van der Waals surface area (Å²) in [5, 5.41) is 10.1. The molecule has 1 aliphatic heterocycles. The molecule has 0 aromatic heterocycles. The minimum absolute atomic E-state index is 0.0115. The number of likely N-dealkylation sites (tertiary alicyclic amines) is 1. The van der Waals surface area contributed by atoms with E-state index in [4.69, 9.17) is 9.47 Å². The third-order valence-corrected chi connectivity index (χ3v) is 5.62. The minimum Gasteiger partial charge on any atom is -0.494 e. The summed E-state index contributed by atoms with van der Waals surface area (Å²) in [4.78, 5) is 25.8. The van der Waals surface area contributed by atoms with Crippen molar-refractivity contribution in [3.63, 3.8) is 0 Å². The molecule has 1 heterocycles. The number of carbonyl (C=O) groups is 2. The first-order valence-electron chi connectivity index (χ1n) is 10.3. The standard InChI is InChI=1S/C24H29NO5/c1-19(27)20-8-10-22(11-9-20)30-16-23(28)25-14-5-12-24(17-25,18-26)13-15-29-21-6-3-2-4-7-21/h2-4,6-11,26H,5,12-18H2,1H3/t24-/m1/s1. The van der Waals surface area contributed by atoms with Gasteiger partial charge in [0.15, 0.2) is 12.4 Å². The largest absolute Gasteiger partial charge is 0.494 e. The van der Waals surface area contributed by atoms with Crippen molar-refractivity contribution in [2.75, 3.05) is 32.9 Å². The summed E-state index contributed by atoms with van der Waals surface area (Å²) in [6.07, 6.45) is 2.37. The molecule has 30 heavy (non-hydrogen) atoms. The maximum atomic E-state index is 12.7. The molecule has 6 heteroatoms. The Balaban J connectivity index is 1.51. The number of aliphatic hydroxyl groups is 1. The number of rotatable bonds is 9. The van der Waals surface area contributed by atoms with Crippen molar-refractivity contribution in [3.05, 3.63) is 60.2 Å². The van der Waals surface area contributed by atoms with Gasteiger partial charge in [0, 0.05) is 24.1 Å². The van der Waals surface area contributed by atoms with Gasteiger partial charge in [-0.15, -0.1) is 0 Å². The third-order valence-electron chi connectivity index (χ3n) is 5.62. The highest BCUT2D eigenvalue weighted by Crippen LogP contribution is 2.33. The molecule has 1 N–H and O–H groups in total. The van der Waals surface area contributed by atoms with E-state index in [0.717, 1.165) is 18.6 Å². The average molecular weight is 411 g/mol. The SMILES string of the molecule is CC(=O)c1ccc(OCC(=O)N2CCC[C@@](CO)(CCOc3ccccc3)C2)cc1. The molecule has 2 aromatic carbocycles. The minimum atomic E-state index is -0.355. The summed E-state index contributed by atoms with van der Waals surface area (Å²) in [5.41, 5.74) is 0.251. The fraction of sp³-hybridized carbons (Fsp3) is 0.417. The third kappa shape index (κ3) is 5.83. The topological polar surface area (TPSA) is 76.1 Å². The molecule has 1 atom stereocenters. The molecule has 0 aliphatic carbocycles. The lowest BCUT2D eigenvalue weighted by Gasteiger charge is -2.41. The molecule has 1 saturated heterocycles. The number of piperidine rings is 1. The molecular weight excluding hydrogens is 382 g/mol. The summed E-state index contributed by atoms with van der Waals surface area (Å²) in [6, 6.07) is 16.4. The molecule has 0 bridgehead atoms. The van der Waals surface area contributed by atoms with Crippen molar-refractivity contribution in [2.45, 2.75) is 26.2 Å². The smallest absolute Gasteiger partial charge is 0.260 e. The number of para-hydroxylation sites is 1. The van der Waals surface area contributed by atoms with Crippen LogP contribution in [0.25, 0.3) is 0 Å². The molecule has 1 amide bonds. The second kappa shape index (κ2) is 10.3. The Morgan fingerprint density at radius 3 is 2.40 bits per heavy atom. The van der Waals surface area contributed by atoms with Gasteiger partial charge in [-0.3, -0.25) is 9.59 Å². The predicted octanol–water partition coefficient (Wildman–Crippen LogP) is 3.34. The highest BCUT2D eigenvalue weighted by molar-refractivity contribution is 5.94. The van der Waals surface area contributed by atoms with Crippen LogP contribution < -0.4 is 9.47 Å². The van der Waals surface area contributed by atoms with Crippen LogP contribution in [-0.4, -0.2) is 54.6 Å². The zero-order valence-electron chi connectivity index (χ0n) is 17.4. The van der Waals surface area contributed by atoms with Gasteiger partial charge in [-0.1, -0.05) is 18.2 Å². The zero-order valence-corrected chi connectivity index (χ0v) is 17.4. The number of hydrogen-bond acceptors (Lipinski definition) is 5. The Kier molecular flexibility index (Phi) is 7.46. The second-order valence-corrected chi connectivity index (χ2v) is 7.86. The number of Topliss-reactive ketones (excluding diaryl/α,β-unsaturated/α-hetero) is 1. The van der Waals surface area contributed by atoms with Crippen molar-refractivity contribution in [2.24, 2.45) is 5.41 Å². The highest BCUT2D eigenvalue weighted by Gasteiger charge is 2.36. The number of hydrogen-bond donors (Lipinski definition) is 1. The molecule has 6 nitrogen and oxygen atoms in total. The Hall–Kier alpha value is -2.86. The van der Waals surface area contributed by atoms with Crippen molar-refractivity contribution in [3.8, 4) is 11.5 Å². The van der Waals surface area contributed by atoms with Crippen LogP contribution in [0.5, 0.6) is 11.5 Å². The molecule has 0 spiro atoms. The predicted molar refractivity (Wildman–Crippen MR) is 114 cm³/mol. The molecule has 2 aromatic rings. The van der Waals surface area contributed by atoms with E-state index in [2.05, 4.69) is 0 Å². The Morgan fingerprint density at radius 1 is 1.03 bits per heavy atom. The van der Waals surface area contributed by atoms with Crippen LogP contribution in [0.2, 0.25) is 0 Å². The first kappa shape index (κ1) is 21.8. The summed E-state index contributed by atoms with van der Waals surface area (Å²) >= 11 is 0. The van der Waals surface area contributed by atoms with Gasteiger partial charge in [-0.2, -0.15) is 0 Å². The van der Waals surface area contributed by atoms with Gasteiger partial charge in [0.25, 0.3) is 5.91 Å². The van der Waals surface area contributed by atoms with E-state index in [1.807, 2.05) is 30.3 Å². The summed E-state index contributed by atoms with van der Waals surface area (Å²) in [7, 11) is 0. The maximum Gasteiger partial charge on any atom is 0.260 e. The normalized spacial score (nSPS) is 18.7. The van der Waals surface area contributed by atoms with Gasteiger partial charge >= 0.3 is 0 Å².